The van der Waals surface area contributed by atoms with E-state index >= 15 is 0 Å². The first-order chi connectivity index (χ1) is 32.0. The van der Waals surface area contributed by atoms with Crippen LogP contribution in [0.1, 0.15) is 220 Å². The van der Waals surface area contributed by atoms with Crippen molar-refractivity contribution in [3.63, 3.8) is 0 Å². The normalized spacial score (nSPS) is 14.0. The number of aliphatic hydroxyl groups excluding tert-OH is 1. The van der Waals surface area contributed by atoms with Gasteiger partial charge in [-0.25, -0.2) is 0 Å². The second-order valence-electron chi connectivity index (χ2n) is 17.8. The minimum atomic E-state index is -2.44. The highest BCUT2D eigenvalue weighted by molar-refractivity contribution is 7.32. The van der Waals surface area contributed by atoms with E-state index in [1.165, 1.54) is 117 Å². The summed E-state index contributed by atoms with van der Waals surface area (Å²) < 4.78 is 25.1. The van der Waals surface area contributed by atoms with Crippen LogP contribution in [-0.2, 0) is 47.3 Å². The number of rotatable bonds is 44. The molecule has 0 aromatic carbocycles. The second kappa shape index (κ2) is 44.0. The van der Waals surface area contributed by atoms with Crippen molar-refractivity contribution in [2.75, 3.05) is 19.8 Å². The van der Waals surface area contributed by atoms with E-state index < -0.39 is 80.3 Å². The lowest BCUT2D eigenvalue weighted by atomic mass is 9.89. The van der Waals surface area contributed by atoms with Crippen LogP contribution >= 0.6 is 8.25 Å². The minimum absolute atomic E-state index is 0.0187. The van der Waals surface area contributed by atoms with Crippen molar-refractivity contribution in [1.29, 1.82) is 0 Å². The topological polar surface area (TPSA) is 310 Å². The summed E-state index contributed by atoms with van der Waals surface area (Å²) in [6.07, 6.45) is 25.9. The third kappa shape index (κ3) is 38.3. The molecule has 0 aromatic heterocycles. The Kier molecular flexibility index (Phi) is 43.2. The molecule has 11 N–H and O–H groups in total. The van der Waals surface area contributed by atoms with Crippen molar-refractivity contribution < 1.29 is 62.4 Å². The van der Waals surface area contributed by atoms with E-state index in [1.54, 1.807) is 0 Å². The summed E-state index contributed by atoms with van der Waals surface area (Å²) in [5.74, 6) is -5.25. The van der Waals surface area contributed by atoms with Gasteiger partial charge in [0.1, 0.15) is 24.2 Å². The number of carbonyl (C=O) groups is 6. The number of unbranched alkanes of at least 4 members (excludes halogenated alkanes) is 24. The van der Waals surface area contributed by atoms with Gasteiger partial charge in [-0.05, 0) is 33.1 Å². The number of aliphatic hydroxyl groups is 1. The second-order valence-corrected chi connectivity index (χ2v) is 18.6. The largest absolute Gasteiger partial charge is 0.694 e. The maximum absolute atomic E-state index is 13.7. The Labute approximate surface area is 403 Å². The third-order valence-corrected chi connectivity index (χ3v) is 11.9. The van der Waals surface area contributed by atoms with Gasteiger partial charge in [0.15, 0.2) is 12.2 Å². The van der Waals surface area contributed by atoms with E-state index in [0.29, 0.717) is 12.8 Å². The van der Waals surface area contributed by atoms with Crippen molar-refractivity contribution in [1.82, 2.24) is 10.6 Å². The lowest BCUT2D eigenvalue weighted by Crippen LogP contribution is -2.66. The zero-order valence-corrected chi connectivity index (χ0v) is 42.6. The summed E-state index contributed by atoms with van der Waals surface area (Å²) in [6.45, 7) is 6.57. The van der Waals surface area contributed by atoms with E-state index in [2.05, 4.69) is 29.0 Å². The van der Waals surface area contributed by atoms with Crippen LogP contribution in [0.3, 0.4) is 0 Å². The zero-order valence-electron chi connectivity index (χ0n) is 41.7. The molecular weight excluding hydrogens is 886 g/mol. The van der Waals surface area contributed by atoms with Crippen LogP contribution in [0.4, 0.5) is 0 Å². The molecule has 2 unspecified atom stereocenters. The number of primary amides is 1. The number of nitrogens with one attached hydrogen (secondary N) is 2. The van der Waals surface area contributed by atoms with E-state index in [1.807, 2.05) is 0 Å². The van der Waals surface area contributed by atoms with Crippen LogP contribution in [0.5, 0.6) is 0 Å². The molecule has 0 saturated heterocycles. The Morgan fingerprint density at radius 3 is 1.36 bits per heavy atom. The van der Waals surface area contributed by atoms with Gasteiger partial charge in [-0.15, -0.1) is 9.42 Å². The van der Waals surface area contributed by atoms with Gasteiger partial charge in [0.2, 0.25) is 17.7 Å². The summed E-state index contributed by atoms with van der Waals surface area (Å²) in [5, 5.41) is 24.1. The minimum Gasteiger partial charge on any atom is -0.480 e. The number of ether oxygens (including phenoxy) is 2. The first kappa shape index (κ1) is 65.8. The van der Waals surface area contributed by atoms with Crippen molar-refractivity contribution in [2.45, 2.75) is 250 Å². The monoisotopic (exact) mass is 979 g/mol. The number of carbonyl (C=O) groups excluding carboxylic acids is 5. The third-order valence-electron chi connectivity index (χ3n) is 11.5. The summed E-state index contributed by atoms with van der Waals surface area (Å²) >= 11 is 0. The van der Waals surface area contributed by atoms with Crippen molar-refractivity contribution in [2.24, 2.45) is 17.2 Å². The first-order valence-electron chi connectivity index (χ1n) is 25.4. The fraction of sp³-hybridized carbons (Fsp3) is 0.875. The molecule has 3 amide bonds. The highest BCUT2D eigenvalue weighted by atomic mass is 31.1. The van der Waals surface area contributed by atoms with Crippen LogP contribution in [-0.4, -0.2) is 100 Å². The SMILES string of the molecule is CCCCCCCCCCCCCCCC(=O)OC([C@H](CO)OC(=O)CCCCCCCCCCCCCCC)[C@@](C)(N)C(=O)N[C@H](CCC(=O)N[C@@H](C)C(=O)O)C(N)=O.NCCO[P+](=O)O. The summed E-state index contributed by atoms with van der Waals surface area (Å²) in [7, 11) is -2.44. The van der Waals surface area contributed by atoms with E-state index in [-0.39, 0.29) is 38.8 Å². The van der Waals surface area contributed by atoms with Crippen molar-refractivity contribution in [3.05, 3.63) is 0 Å². The Balaban J connectivity index is 0. The Morgan fingerprint density at radius 1 is 0.642 bits per heavy atom. The average molecular weight is 979 g/mol. The van der Waals surface area contributed by atoms with Crippen LogP contribution < -0.4 is 27.8 Å². The molecule has 0 aliphatic heterocycles. The molecule has 6 atom stereocenters. The number of nitrogens with two attached hydrogens (primary N) is 3. The number of carboxylic acid groups (broad SMARTS) is 1. The van der Waals surface area contributed by atoms with Crippen LogP contribution in [0.15, 0.2) is 0 Å². The van der Waals surface area contributed by atoms with Crippen LogP contribution in [0, 0.1) is 0 Å². The molecule has 0 heterocycles. The predicted molar refractivity (Wildman–Crippen MR) is 260 cm³/mol. The van der Waals surface area contributed by atoms with Crippen molar-refractivity contribution in [3.8, 4) is 0 Å². The molecule has 0 radical (unpaired) electrons. The predicted octanol–water partition coefficient (Wildman–Crippen LogP) is 7.43. The van der Waals surface area contributed by atoms with E-state index in [4.69, 9.17) is 36.7 Å². The highest BCUT2D eigenvalue weighted by Gasteiger charge is 2.47. The van der Waals surface area contributed by atoms with Gasteiger partial charge in [-0.3, -0.25) is 28.8 Å². The summed E-state index contributed by atoms with van der Waals surface area (Å²) in [5.41, 5.74) is 14.8. The fourth-order valence-corrected chi connectivity index (χ4v) is 7.55. The molecule has 0 aliphatic carbocycles. The molecule has 0 rings (SSSR count). The molecule has 67 heavy (non-hydrogen) atoms. The molecule has 0 aromatic rings. The number of esters is 2. The van der Waals surface area contributed by atoms with Crippen LogP contribution in [0.2, 0.25) is 0 Å². The molecule has 0 saturated carbocycles. The number of carboxylic acids is 1. The summed E-state index contributed by atoms with van der Waals surface area (Å²) in [4.78, 5) is 83.5. The van der Waals surface area contributed by atoms with Gasteiger partial charge < -0.3 is 47.5 Å². The number of aliphatic carboxylic acids is 1. The lowest BCUT2D eigenvalue weighted by molar-refractivity contribution is -0.179. The maximum Gasteiger partial charge on any atom is 0.694 e. The van der Waals surface area contributed by atoms with Gasteiger partial charge in [0.25, 0.3) is 0 Å². The van der Waals surface area contributed by atoms with Gasteiger partial charge in [-0.1, -0.05) is 168 Å². The zero-order chi connectivity index (χ0) is 50.7. The molecule has 0 aliphatic rings. The molecule has 0 spiro atoms. The van der Waals surface area contributed by atoms with Crippen LogP contribution in [0.25, 0.3) is 0 Å². The maximum atomic E-state index is 13.7. The molecular formula is C48H93N5O13P+. The molecule has 18 nitrogen and oxygen atoms in total. The lowest BCUT2D eigenvalue weighted by Gasteiger charge is -2.37. The van der Waals surface area contributed by atoms with Gasteiger partial charge in [-0.2, -0.15) is 0 Å². The summed E-state index contributed by atoms with van der Waals surface area (Å²) in [6, 6.07) is -2.58. The van der Waals surface area contributed by atoms with E-state index in [9.17, 15) is 38.4 Å². The molecule has 392 valence electrons. The highest BCUT2D eigenvalue weighted by Crippen LogP contribution is 2.22. The first-order valence-corrected chi connectivity index (χ1v) is 26.5. The quantitative estimate of drug-likeness (QED) is 0.0167. The smallest absolute Gasteiger partial charge is 0.480 e. The van der Waals surface area contributed by atoms with Gasteiger partial charge in [0, 0.05) is 30.4 Å². The Morgan fingerprint density at radius 2 is 1.03 bits per heavy atom. The van der Waals surface area contributed by atoms with Gasteiger partial charge in [0.05, 0.1) is 6.61 Å². The van der Waals surface area contributed by atoms with Crippen molar-refractivity contribution >= 4 is 43.9 Å². The number of hydrogen-bond donors (Lipinski definition) is 8. The molecule has 0 bridgehead atoms. The van der Waals surface area contributed by atoms with E-state index in [0.717, 1.165) is 51.4 Å². The average Bonchev–Trinajstić information content (AvgIpc) is 3.28. The Hall–Kier alpha value is -3.28. The number of amides is 3. The number of hydrogen-bond acceptors (Lipinski definition) is 13. The standard InChI is InChI=1S/C46H86N4O10.C2H6NO3P/c1-5-7-9-11-13-15-17-19-21-23-25-27-29-31-40(53)59-38(35-51)42(60-41(54)32-30-28-26-24-22-20-18-16-14-12-10-8-6-2)46(4,48)45(58)50-37(43(47)55)33-34-39(52)49-36(3)44(56)57;3-1-2-6-7(4)5/h36-38,42,51H,5-35,48H2,1-4H3,(H2,47,55)(H,49,52)(H,50,58)(H,56,57);1-3H2/p+1/t36-,37+,38-,42?,46+;/m0./s1. The van der Waals surface area contributed by atoms with Gasteiger partial charge >= 0.3 is 26.2 Å². The fourth-order valence-electron chi connectivity index (χ4n) is 7.29. The molecule has 19 heteroatoms. The molecule has 0 fully saturated rings. The Bertz CT molecular complexity index is 1340.